The van der Waals surface area contributed by atoms with Gasteiger partial charge in [-0.15, -0.1) is 0 Å². The topological polar surface area (TPSA) is 94.5 Å². The zero-order chi connectivity index (χ0) is 10.7. The maximum absolute atomic E-state index is 5.51. The van der Waals surface area contributed by atoms with Gasteiger partial charge in [0.2, 0.25) is 5.95 Å². The van der Waals surface area contributed by atoms with Crippen molar-refractivity contribution in [3.8, 4) is 0 Å². The summed E-state index contributed by atoms with van der Waals surface area (Å²) in [6, 6.07) is 1.63. The summed E-state index contributed by atoms with van der Waals surface area (Å²) >= 11 is 0. The normalized spacial score (nSPS) is 10.2. The molecule has 78 valence electrons. The summed E-state index contributed by atoms with van der Waals surface area (Å²) in [4.78, 5) is 12.0. The summed E-state index contributed by atoms with van der Waals surface area (Å²) in [6.07, 6.45) is 3.23. The number of hydrogen-bond donors (Lipinski definition) is 2. The number of anilines is 2. The molecule has 0 aliphatic heterocycles. The van der Waals surface area contributed by atoms with Gasteiger partial charge >= 0.3 is 0 Å². The minimum atomic E-state index is 0.432. The van der Waals surface area contributed by atoms with Crippen molar-refractivity contribution in [2.75, 3.05) is 11.1 Å². The molecule has 0 amide bonds. The Hall–Kier alpha value is -2.18. The molecule has 3 N–H and O–H groups in total. The Bertz CT molecular complexity index is 450. The highest BCUT2D eigenvalue weighted by atomic mass is 15.3. The van der Waals surface area contributed by atoms with E-state index in [1.165, 1.54) is 0 Å². The fourth-order valence-electron chi connectivity index (χ4n) is 1.08. The van der Waals surface area contributed by atoms with Crippen molar-refractivity contribution in [3.05, 3.63) is 24.4 Å². The van der Waals surface area contributed by atoms with Gasteiger partial charge in [0, 0.05) is 13.2 Å². The second kappa shape index (κ2) is 3.91. The SMILES string of the molecule is Cn1cnc(CNc2nccc(N)n2)n1. The van der Waals surface area contributed by atoms with E-state index in [1.54, 1.807) is 23.3 Å². The second-order valence-electron chi connectivity index (χ2n) is 2.99. The molecule has 0 aliphatic carbocycles. The molecule has 0 radical (unpaired) electrons. The Kier molecular flexibility index (Phi) is 2.44. The van der Waals surface area contributed by atoms with Crippen molar-refractivity contribution >= 4 is 11.8 Å². The third-order valence-corrected chi connectivity index (χ3v) is 1.73. The average Bonchev–Trinajstić information content (AvgIpc) is 2.62. The Labute approximate surface area is 86.4 Å². The highest BCUT2D eigenvalue weighted by Crippen LogP contribution is 2.02. The highest BCUT2D eigenvalue weighted by Gasteiger charge is 2.00. The van der Waals surface area contributed by atoms with Crippen molar-refractivity contribution in [2.45, 2.75) is 6.54 Å². The Morgan fingerprint density at radius 1 is 1.47 bits per heavy atom. The van der Waals surface area contributed by atoms with Crippen LogP contribution in [0.3, 0.4) is 0 Å². The van der Waals surface area contributed by atoms with Gasteiger partial charge < -0.3 is 11.1 Å². The lowest BCUT2D eigenvalue weighted by atomic mass is 10.6. The molecule has 15 heavy (non-hydrogen) atoms. The molecule has 2 aromatic heterocycles. The molecule has 2 rings (SSSR count). The molecule has 0 bridgehead atoms. The van der Waals surface area contributed by atoms with Crippen LogP contribution in [0.2, 0.25) is 0 Å². The third kappa shape index (κ3) is 2.39. The van der Waals surface area contributed by atoms with Crippen molar-refractivity contribution < 1.29 is 0 Å². The van der Waals surface area contributed by atoms with Crippen LogP contribution in [0.1, 0.15) is 5.82 Å². The maximum Gasteiger partial charge on any atom is 0.224 e. The first-order valence-corrected chi connectivity index (χ1v) is 4.41. The third-order valence-electron chi connectivity index (χ3n) is 1.73. The first-order chi connectivity index (χ1) is 7.24. The summed E-state index contributed by atoms with van der Waals surface area (Å²) in [5.41, 5.74) is 5.51. The van der Waals surface area contributed by atoms with Crippen molar-refractivity contribution in [3.63, 3.8) is 0 Å². The molecule has 7 nitrogen and oxygen atoms in total. The van der Waals surface area contributed by atoms with E-state index in [2.05, 4.69) is 25.4 Å². The zero-order valence-corrected chi connectivity index (χ0v) is 8.25. The van der Waals surface area contributed by atoms with Crippen molar-refractivity contribution in [1.82, 2.24) is 24.7 Å². The van der Waals surface area contributed by atoms with E-state index in [1.807, 2.05) is 7.05 Å². The predicted molar refractivity (Wildman–Crippen MR) is 54.8 cm³/mol. The molecule has 7 heteroatoms. The molecule has 0 saturated heterocycles. The first kappa shape index (κ1) is 9.38. The van der Waals surface area contributed by atoms with Crippen LogP contribution in [-0.4, -0.2) is 24.7 Å². The first-order valence-electron chi connectivity index (χ1n) is 4.41. The lowest BCUT2D eigenvalue weighted by Crippen LogP contribution is -2.06. The Balaban J connectivity index is 1.99. The fraction of sp³-hybridized carbons (Fsp3) is 0.250. The van der Waals surface area contributed by atoms with Gasteiger partial charge in [-0.2, -0.15) is 10.1 Å². The number of nitrogens with two attached hydrogens (primary N) is 1. The van der Waals surface area contributed by atoms with E-state index in [0.717, 1.165) is 0 Å². The summed E-state index contributed by atoms with van der Waals surface area (Å²) in [6.45, 7) is 0.476. The molecule has 0 aliphatic rings. The van der Waals surface area contributed by atoms with E-state index in [0.29, 0.717) is 24.1 Å². The van der Waals surface area contributed by atoms with Gasteiger partial charge in [-0.1, -0.05) is 0 Å². The molecule has 0 fully saturated rings. The minimum absolute atomic E-state index is 0.432. The molecular formula is C8H11N7. The molecule has 0 atom stereocenters. The largest absolute Gasteiger partial charge is 0.384 e. The monoisotopic (exact) mass is 205 g/mol. The van der Waals surface area contributed by atoms with E-state index < -0.39 is 0 Å². The van der Waals surface area contributed by atoms with Gasteiger partial charge in [0.05, 0.1) is 6.54 Å². The van der Waals surface area contributed by atoms with Crippen molar-refractivity contribution in [1.29, 1.82) is 0 Å². The molecule has 0 spiro atoms. The molecule has 2 aromatic rings. The highest BCUT2D eigenvalue weighted by molar-refractivity contribution is 5.34. The van der Waals surface area contributed by atoms with Crippen LogP contribution in [-0.2, 0) is 13.6 Å². The Morgan fingerprint density at radius 2 is 2.33 bits per heavy atom. The van der Waals surface area contributed by atoms with Gasteiger partial charge in [-0.3, -0.25) is 4.68 Å². The number of nitrogens with zero attached hydrogens (tertiary/aromatic N) is 5. The van der Waals surface area contributed by atoms with E-state index >= 15 is 0 Å². The predicted octanol–water partition coefficient (Wildman–Crippen LogP) is -0.201. The molecule has 0 saturated carbocycles. The van der Waals surface area contributed by atoms with E-state index in [4.69, 9.17) is 5.73 Å². The Morgan fingerprint density at radius 3 is 3.00 bits per heavy atom. The lowest BCUT2D eigenvalue weighted by molar-refractivity contribution is 0.746. The standard InChI is InChI=1S/C8H11N7/c1-15-5-12-7(14-15)4-11-8-10-3-2-6(9)13-8/h2-3,5H,4H2,1H3,(H3,9,10,11,13). The smallest absolute Gasteiger partial charge is 0.224 e. The van der Waals surface area contributed by atoms with Crippen LogP contribution in [0.25, 0.3) is 0 Å². The number of nitrogen functional groups attached to an aromatic ring is 1. The maximum atomic E-state index is 5.51. The molecule has 0 unspecified atom stereocenters. The van der Waals surface area contributed by atoms with Gasteiger partial charge in [0.1, 0.15) is 12.1 Å². The van der Waals surface area contributed by atoms with Crippen molar-refractivity contribution in [2.24, 2.45) is 7.05 Å². The summed E-state index contributed by atoms with van der Waals surface area (Å²) in [7, 11) is 1.81. The zero-order valence-electron chi connectivity index (χ0n) is 8.25. The van der Waals surface area contributed by atoms with E-state index in [9.17, 15) is 0 Å². The van der Waals surface area contributed by atoms with Crippen LogP contribution in [0, 0.1) is 0 Å². The molecule has 0 aromatic carbocycles. The van der Waals surface area contributed by atoms with Crippen LogP contribution >= 0.6 is 0 Å². The summed E-state index contributed by atoms with van der Waals surface area (Å²) < 4.78 is 1.64. The number of nitrogens with one attached hydrogen (secondary N) is 1. The quantitative estimate of drug-likeness (QED) is 0.720. The van der Waals surface area contributed by atoms with Crippen LogP contribution in [0.15, 0.2) is 18.6 Å². The fourth-order valence-corrected chi connectivity index (χ4v) is 1.08. The summed E-state index contributed by atoms with van der Waals surface area (Å²) in [5.74, 6) is 1.59. The average molecular weight is 205 g/mol. The van der Waals surface area contributed by atoms with Gasteiger partial charge in [-0.25, -0.2) is 9.97 Å². The number of hydrogen-bond acceptors (Lipinski definition) is 6. The second-order valence-corrected chi connectivity index (χ2v) is 2.99. The number of aryl methyl sites for hydroxylation is 1. The minimum Gasteiger partial charge on any atom is -0.384 e. The van der Waals surface area contributed by atoms with E-state index in [-0.39, 0.29) is 0 Å². The molecular weight excluding hydrogens is 194 g/mol. The van der Waals surface area contributed by atoms with Crippen LogP contribution in [0.4, 0.5) is 11.8 Å². The van der Waals surface area contributed by atoms with Crippen LogP contribution < -0.4 is 11.1 Å². The summed E-state index contributed by atoms with van der Waals surface area (Å²) in [5, 5.41) is 7.08. The van der Waals surface area contributed by atoms with Gasteiger partial charge in [0.25, 0.3) is 0 Å². The number of rotatable bonds is 3. The van der Waals surface area contributed by atoms with Crippen LogP contribution in [0.5, 0.6) is 0 Å². The number of aromatic nitrogens is 5. The molecule has 2 heterocycles. The van der Waals surface area contributed by atoms with Gasteiger partial charge in [0.15, 0.2) is 5.82 Å². The lowest BCUT2D eigenvalue weighted by Gasteiger charge is -2.01. The van der Waals surface area contributed by atoms with Gasteiger partial charge in [-0.05, 0) is 6.07 Å².